The highest BCUT2D eigenvalue weighted by Crippen LogP contribution is 2.27. The number of fused-ring (bicyclic) bond motifs is 10. The zero-order chi connectivity index (χ0) is 83.5. The molecule has 2 bridgehead atoms. The molecule has 2 aromatic heterocycles. The molecule has 2 aromatic rings. The van der Waals surface area contributed by atoms with Crippen molar-refractivity contribution in [3.8, 4) is 0 Å². The SMILES string of the molecule is CC(C)C[C@@H]1NC(=O)[C@H](CCC(=O)O)NC(=O)[C@@H]2CCCN2C(=O)[C@H](Cc2cnc[nH]2)NC(=O)[C@H](CC(N)=O)NC(=O)[C@H](C(C)C)NC(=O)[C@H](CO)NC(=O)[C@@H]2CSSC[C@H](NC(=O)CN)C(=O)N[C@@H](CSSC[C@@H](C(N)=O)NC1=O)C(=O)N[C@@H]([C@@H](C)O)C(=O)N[C@@H](Cc1cnc[nH]1)C(=O)N1CCC[C@H]1C(=O)N[C@@H](C)C(=O)N2. The predicted molar refractivity (Wildman–Crippen MR) is 407 cm³/mol. The van der Waals surface area contributed by atoms with E-state index in [0.717, 1.165) is 59.9 Å². The van der Waals surface area contributed by atoms with Crippen LogP contribution in [0.3, 0.4) is 0 Å². The highest BCUT2D eigenvalue weighted by atomic mass is 33.1. The summed E-state index contributed by atoms with van der Waals surface area (Å²) in [5.74, 6) is -22.5. The first-order valence-corrected chi connectivity index (χ1v) is 41.2. The van der Waals surface area contributed by atoms with E-state index in [0.29, 0.717) is 5.69 Å². The second kappa shape index (κ2) is 44.6. The molecule has 0 aliphatic carbocycles. The first kappa shape index (κ1) is 92.0. The van der Waals surface area contributed by atoms with Crippen molar-refractivity contribution in [1.29, 1.82) is 0 Å². The van der Waals surface area contributed by atoms with Crippen molar-refractivity contribution in [2.24, 2.45) is 29.0 Å². The van der Waals surface area contributed by atoms with Gasteiger partial charge >= 0.3 is 5.97 Å². The molecule has 4 fully saturated rings. The van der Waals surface area contributed by atoms with E-state index in [-0.39, 0.29) is 69.6 Å². The Morgan fingerprint density at radius 3 is 1.50 bits per heavy atom. The number of carboxylic acid groups (broad SMARTS) is 1. The maximum atomic E-state index is 14.9. The van der Waals surface area contributed by atoms with Crippen LogP contribution < -0.4 is 86.3 Å². The summed E-state index contributed by atoms with van der Waals surface area (Å²) in [7, 11) is 3.18. The van der Waals surface area contributed by atoms with Gasteiger partial charge in [-0.15, -0.1) is 0 Å². The molecule has 113 heavy (non-hydrogen) atoms. The number of primary amides is 2. The van der Waals surface area contributed by atoms with Gasteiger partial charge in [0.1, 0.15) is 90.6 Å². The van der Waals surface area contributed by atoms with E-state index in [4.69, 9.17) is 17.2 Å². The molecule has 0 aromatic carbocycles. The molecule has 17 amide bonds. The third kappa shape index (κ3) is 28.0. The Bertz CT molecular complexity index is 3750. The molecule has 43 nitrogen and oxygen atoms in total. The smallest absolute Gasteiger partial charge is 0.303 e. The first-order valence-electron chi connectivity index (χ1n) is 36.3. The number of rotatable bonds is 17. The van der Waals surface area contributed by atoms with Crippen molar-refractivity contribution in [3.05, 3.63) is 36.4 Å². The standard InChI is InChI=1S/C66H100N22O21S4/c1-29(2)15-36-55(98)82-41(52(69)95)23-110-112-26-44-60(103)86-51(32(6)90)64(107)80-39(17-34-21-71-28-73-34)66(109)87-13-7-9-45(87)61(104)74-31(5)53(96)83-43(25-113-111-24-42(58(101)84-44)75-48(92)19-67)59(102)81-40(22-89)57(100)85-50(30(3)4)63(106)78-37(18-47(68)91)56(99)79-38(16-33-20-70-27-72-33)65(108)88-14-8-10-46(88)62(105)76-35(54(97)77-36)11-12-49(93)94/h20-21,27-32,35-46,50-51,89-90H,7-19,22-26,67H2,1-6H3,(H2,68,91)(H2,69,95)(H,70,72)(H,71,73)(H,74,104)(H,75,92)(H,76,105)(H,77,97)(H,78,106)(H,79,99)(H,80,107)(H,81,102)(H,82,98)(H,83,96)(H,84,101)(H,85,100)(H,86,103)(H,93,94)/t31-,32+,35-,36-,37-,38-,39-,40-,41-,42-,43-,44-,45-,46-,50-,51-/m0/s1. The van der Waals surface area contributed by atoms with Crippen molar-refractivity contribution >= 4 is 150 Å². The van der Waals surface area contributed by atoms with Gasteiger partial charge < -0.3 is 121 Å². The Balaban J connectivity index is 1.46. The van der Waals surface area contributed by atoms with E-state index in [1.165, 1.54) is 45.8 Å². The lowest BCUT2D eigenvalue weighted by Gasteiger charge is -2.31. The van der Waals surface area contributed by atoms with Gasteiger partial charge in [0.2, 0.25) is 100 Å². The number of nitrogens with zero attached hydrogens (tertiary/aromatic N) is 4. The minimum Gasteiger partial charge on any atom is -0.481 e. The number of amides is 17. The number of carboxylic acids is 1. The van der Waals surface area contributed by atoms with Gasteiger partial charge in [-0.25, -0.2) is 9.97 Å². The van der Waals surface area contributed by atoms with E-state index >= 15 is 0 Å². The lowest BCUT2D eigenvalue weighted by Crippen LogP contribution is -2.62. The van der Waals surface area contributed by atoms with Crippen LogP contribution in [-0.4, -0.2) is 297 Å². The van der Waals surface area contributed by atoms with E-state index < -0.39 is 264 Å². The molecule has 6 heterocycles. The molecular formula is C66H100N22O21S4. The van der Waals surface area contributed by atoms with E-state index in [9.17, 15) is 102 Å². The van der Waals surface area contributed by atoms with Crippen LogP contribution in [0, 0.1) is 11.8 Å². The topological polar surface area (TPSA) is 666 Å². The Morgan fingerprint density at radius 1 is 0.540 bits per heavy atom. The first-order chi connectivity index (χ1) is 53.5. The number of aliphatic hydroxyl groups excluding tert-OH is 2. The van der Waals surface area contributed by atoms with Crippen molar-refractivity contribution < 1.29 is 102 Å². The molecule has 0 unspecified atom stereocenters. The van der Waals surface area contributed by atoms with Crippen molar-refractivity contribution in [1.82, 2.24) is 98.9 Å². The molecule has 0 radical (unpaired) electrons. The molecule has 47 heteroatoms. The maximum absolute atomic E-state index is 14.9. The van der Waals surface area contributed by atoms with Gasteiger partial charge in [0.25, 0.3) is 0 Å². The average molecular weight is 1670 g/mol. The summed E-state index contributed by atoms with van der Waals surface area (Å²) in [6.07, 6.45) is 0.826. The van der Waals surface area contributed by atoms with Crippen LogP contribution in [0.5, 0.6) is 0 Å². The average Bonchev–Trinajstić information content (AvgIpc) is 1.78. The minimum atomic E-state index is -1.95. The molecule has 4 aliphatic heterocycles. The van der Waals surface area contributed by atoms with Crippen LogP contribution in [0.2, 0.25) is 0 Å². The number of H-pyrrole nitrogens is 2. The monoisotopic (exact) mass is 1660 g/mol. The Hall–Kier alpha value is -9.84. The summed E-state index contributed by atoms with van der Waals surface area (Å²) in [4.78, 5) is 270. The van der Waals surface area contributed by atoms with E-state index in [1.54, 1.807) is 13.8 Å². The zero-order valence-corrected chi connectivity index (χ0v) is 66.0. The molecular weight excluding hydrogens is 1570 g/mol. The van der Waals surface area contributed by atoms with Crippen LogP contribution in [0.4, 0.5) is 0 Å². The number of aliphatic hydroxyl groups is 2. The van der Waals surface area contributed by atoms with Crippen molar-refractivity contribution in [2.75, 3.05) is 49.3 Å². The number of hydrogen-bond acceptors (Lipinski definition) is 27. The van der Waals surface area contributed by atoms with Crippen molar-refractivity contribution in [2.45, 2.75) is 202 Å². The Labute approximate surface area is 663 Å². The predicted octanol–water partition coefficient (Wildman–Crippen LogP) is -8.73. The number of hydrogen-bond donors (Lipinski definition) is 21. The molecule has 4 saturated heterocycles. The third-order valence-corrected chi connectivity index (χ3v) is 23.1. The number of imidazole rings is 2. The number of aromatic nitrogens is 4. The van der Waals surface area contributed by atoms with Gasteiger partial charge in [-0.3, -0.25) is 86.3 Å². The molecule has 16 atom stereocenters. The minimum absolute atomic E-state index is 0.0404. The van der Waals surface area contributed by atoms with Crippen LogP contribution in [0.15, 0.2) is 25.0 Å². The third-order valence-electron chi connectivity index (χ3n) is 18.3. The normalized spacial score (nSPS) is 28.1. The largest absolute Gasteiger partial charge is 0.481 e. The van der Waals surface area contributed by atoms with Gasteiger partial charge in [0, 0.05) is 79.1 Å². The van der Waals surface area contributed by atoms with Gasteiger partial charge in [-0.2, -0.15) is 0 Å². The fourth-order valence-corrected chi connectivity index (χ4v) is 16.9. The van der Waals surface area contributed by atoms with Gasteiger partial charge in [0.05, 0.1) is 38.3 Å². The number of aliphatic carboxylic acids is 1. The zero-order valence-electron chi connectivity index (χ0n) is 62.8. The maximum Gasteiger partial charge on any atom is 0.303 e. The fraction of sp³-hybridized carbons (Fsp3) is 0.636. The fourth-order valence-electron chi connectivity index (χ4n) is 12.2. The summed E-state index contributed by atoms with van der Waals surface area (Å²) in [5, 5.41) is 63.9. The number of aromatic amines is 2. The van der Waals surface area contributed by atoms with E-state index in [1.807, 2.05) is 0 Å². The van der Waals surface area contributed by atoms with Gasteiger partial charge in [-0.1, -0.05) is 70.9 Å². The summed E-state index contributed by atoms with van der Waals surface area (Å²) >= 11 is 0. The second-order valence-corrected chi connectivity index (χ2v) is 33.1. The lowest BCUT2D eigenvalue weighted by molar-refractivity contribution is -0.143. The van der Waals surface area contributed by atoms with Crippen LogP contribution in [0.1, 0.15) is 104 Å². The number of nitrogens with two attached hydrogens (primary N) is 3. The summed E-state index contributed by atoms with van der Waals surface area (Å²) in [5.41, 5.74) is 17.7. The molecule has 6 rings (SSSR count). The molecule has 0 saturated carbocycles. The molecule has 624 valence electrons. The molecule has 24 N–H and O–H groups in total. The summed E-state index contributed by atoms with van der Waals surface area (Å²) < 4.78 is 0. The molecule has 4 aliphatic rings. The van der Waals surface area contributed by atoms with Crippen LogP contribution in [-0.2, 0) is 99.1 Å². The van der Waals surface area contributed by atoms with Gasteiger partial charge in [-0.05, 0) is 64.2 Å². The van der Waals surface area contributed by atoms with Crippen molar-refractivity contribution in [3.63, 3.8) is 0 Å². The van der Waals surface area contributed by atoms with Crippen LogP contribution >= 0.6 is 43.2 Å². The lowest BCUT2D eigenvalue weighted by atomic mass is 10.0. The highest BCUT2D eigenvalue weighted by Gasteiger charge is 2.44. The van der Waals surface area contributed by atoms with E-state index in [2.05, 4.69) is 89.1 Å². The number of carbonyl (C=O) groups is 18. The quantitative estimate of drug-likeness (QED) is 0.0654. The molecule has 0 spiro atoms. The highest BCUT2D eigenvalue weighted by molar-refractivity contribution is 8.77. The van der Waals surface area contributed by atoms with Gasteiger partial charge in [0.15, 0.2) is 0 Å². The summed E-state index contributed by atoms with van der Waals surface area (Å²) in [6.45, 7) is 6.57. The Kier molecular flexibility index (Phi) is 36.3. The number of nitrogens with one attached hydrogen (secondary N) is 15. The number of carbonyl (C=O) groups excluding carboxylic acids is 17. The van der Waals surface area contributed by atoms with Crippen LogP contribution in [0.25, 0.3) is 0 Å². The second-order valence-electron chi connectivity index (χ2n) is 28.0. The Morgan fingerprint density at radius 2 is 1.00 bits per heavy atom. The summed E-state index contributed by atoms with van der Waals surface area (Å²) in [6, 6.07) is -24.8.